The van der Waals surface area contributed by atoms with Crippen LogP contribution in [-0.2, 0) is 0 Å². The van der Waals surface area contributed by atoms with E-state index in [2.05, 4.69) is 371 Å². The van der Waals surface area contributed by atoms with Crippen LogP contribution in [0.3, 0.4) is 0 Å². The molecule has 0 bridgehead atoms. The number of aryl methyl sites for hydroxylation is 1. The number of hydrogen-bond acceptors (Lipinski definition) is 6. The van der Waals surface area contributed by atoms with Crippen LogP contribution >= 0.6 is 11.8 Å². The molecule has 4 heterocycles. The molecule has 0 unspecified atom stereocenters. The summed E-state index contributed by atoms with van der Waals surface area (Å²) in [7, 11) is 0. The van der Waals surface area contributed by atoms with Gasteiger partial charge >= 0.3 is 0 Å². The standard InChI is InChI=1S/C85H59B2N5S/c1-58-27-20-23-44-75(58)92-78-57-82-74(56-73(78)86-71-42-21-24-45-76(71)90(65-37-16-6-17-38-65)79-52-69(53-80(92)84(79)86)88(63-33-12-4-13-34-63)64-35-14-5-15-36-64)87-72-43-22-25-46-77(72)91(66-39-18-7-19-40-66)81-54-70(55-83(93-82)85(81)87)89(67-49-47-61(48-50-67)59-28-8-2-9-29-59)68-41-26-32-62(51-68)60-30-10-3-11-31-60/h2-57H,1H3. The summed E-state index contributed by atoms with van der Waals surface area (Å²) in [5.74, 6) is 0. The number of para-hydroxylation sites is 7. The second-order valence-corrected chi connectivity index (χ2v) is 25.5. The zero-order chi connectivity index (χ0) is 61.5. The van der Waals surface area contributed by atoms with Crippen molar-refractivity contribution in [2.75, 3.05) is 24.5 Å². The Morgan fingerprint density at radius 3 is 1.25 bits per heavy atom. The number of benzene rings is 14. The molecule has 14 aromatic rings. The molecule has 4 aliphatic rings. The van der Waals surface area contributed by atoms with E-state index in [0.29, 0.717) is 0 Å². The van der Waals surface area contributed by atoms with E-state index in [0.717, 1.165) is 68.1 Å². The number of anilines is 15. The van der Waals surface area contributed by atoms with Crippen molar-refractivity contribution in [3.63, 3.8) is 0 Å². The maximum Gasteiger partial charge on any atom is 0.252 e. The number of fused-ring (bicyclic) bond motifs is 8. The van der Waals surface area contributed by atoms with Crippen LogP contribution in [0.4, 0.5) is 85.3 Å². The molecule has 0 fully saturated rings. The Morgan fingerprint density at radius 1 is 0.247 bits per heavy atom. The lowest BCUT2D eigenvalue weighted by Gasteiger charge is -2.46. The molecule has 4 aliphatic heterocycles. The zero-order valence-electron chi connectivity index (χ0n) is 51.1. The van der Waals surface area contributed by atoms with Crippen molar-refractivity contribution in [2.24, 2.45) is 0 Å². The van der Waals surface area contributed by atoms with Crippen LogP contribution in [0.1, 0.15) is 5.56 Å². The lowest BCUT2D eigenvalue weighted by Crippen LogP contribution is -2.64. The van der Waals surface area contributed by atoms with Gasteiger partial charge in [0.2, 0.25) is 6.71 Å². The Hall–Kier alpha value is -11.4. The van der Waals surface area contributed by atoms with Gasteiger partial charge in [-0.2, -0.15) is 0 Å². The van der Waals surface area contributed by atoms with E-state index in [-0.39, 0.29) is 13.4 Å². The number of rotatable bonds is 11. The predicted octanol–water partition coefficient (Wildman–Crippen LogP) is 19.1. The minimum Gasteiger partial charge on any atom is -0.311 e. The molecule has 0 spiro atoms. The van der Waals surface area contributed by atoms with Gasteiger partial charge in [0.25, 0.3) is 6.71 Å². The van der Waals surface area contributed by atoms with Crippen LogP contribution in [0.25, 0.3) is 22.3 Å². The summed E-state index contributed by atoms with van der Waals surface area (Å²) in [6.45, 7) is 2.05. The molecule has 0 saturated heterocycles. The fraction of sp³-hybridized carbons (Fsp3) is 0.0118. The summed E-state index contributed by atoms with van der Waals surface area (Å²) in [4.78, 5) is 15.0. The Morgan fingerprint density at radius 2 is 0.667 bits per heavy atom. The highest BCUT2D eigenvalue weighted by atomic mass is 32.2. The van der Waals surface area contributed by atoms with Crippen molar-refractivity contribution in [1.82, 2.24) is 0 Å². The Kier molecular flexibility index (Phi) is 13.2. The average Bonchev–Trinajstić information content (AvgIpc) is 0.727. The van der Waals surface area contributed by atoms with Crippen molar-refractivity contribution in [2.45, 2.75) is 16.7 Å². The molecular weight excluding hydrogens is 1140 g/mol. The highest BCUT2D eigenvalue weighted by Gasteiger charge is 2.48. The molecular formula is C85H59B2N5S. The fourth-order valence-corrected chi connectivity index (χ4v) is 16.3. The average molecular weight is 1200 g/mol. The maximum absolute atomic E-state index is 2.64. The molecule has 93 heavy (non-hydrogen) atoms. The normalized spacial score (nSPS) is 12.8. The Labute approximate surface area is 548 Å². The van der Waals surface area contributed by atoms with Crippen LogP contribution in [0.5, 0.6) is 0 Å². The largest absolute Gasteiger partial charge is 0.311 e. The first kappa shape index (κ1) is 54.5. The molecule has 0 radical (unpaired) electrons. The van der Waals surface area contributed by atoms with Gasteiger partial charge in [-0.25, -0.2) is 0 Å². The van der Waals surface area contributed by atoms with Crippen LogP contribution in [-0.4, -0.2) is 13.4 Å². The predicted molar refractivity (Wildman–Crippen MR) is 395 cm³/mol. The van der Waals surface area contributed by atoms with Crippen molar-refractivity contribution >= 4 is 143 Å². The molecule has 0 saturated carbocycles. The topological polar surface area (TPSA) is 16.2 Å². The van der Waals surface area contributed by atoms with Crippen molar-refractivity contribution in [3.8, 4) is 22.3 Å². The van der Waals surface area contributed by atoms with Crippen molar-refractivity contribution in [3.05, 3.63) is 345 Å². The van der Waals surface area contributed by atoms with Gasteiger partial charge in [0, 0.05) is 89.4 Å². The highest BCUT2D eigenvalue weighted by molar-refractivity contribution is 8.00. The van der Waals surface area contributed by atoms with Gasteiger partial charge in [-0.3, -0.25) is 0 Å². The van der Waals surface area contributed by atoms with Gasteiger partial charge < -0.3 is 24.5 Å². The van der Waals surface area contributed by atoms with E-state index in [1.165, 1.54) is 87.6 Å². The SMILES string of the molecule is Cc1ccccc1N1c2cc3c(cc2B2c4ccccc4N(c4ccccc4)c4cc(N(c5ccccc5)c5ccccc5)cc1c42)B1c2ccccc2N(c2ccccc2)c2cc(N(c4ccc(-c5ccccc5)cc4)c4cccc(-c5ccccc5)c4)cc(c21)S3. The Balaban J connectivity index is 0.900. The molecule has 18 rings (SSSR count). The van der Waals surface area contributed by atoms with Crippen LogP contribution in [0.2, 0.25) is 0 Å². The van der Waals surface area contributed by atoms with Crippen molar-refractivity contribution < 1.29 is 0 Å². The molecule has 14 aromatic carbocycles. The van der Waals surface area contributed by atoms with E-state index < -0.39 is 0 Å². The van der Waals surface area contributed by atoms with E-state index in [4.69, 9.17) is 0 Å². The molecule has 0 atom stereocenters. The molecule has 0 aliphatic carbocycles. The third-order valence-corrected chi connectivity index (χ3v) is 20.3. The van der Waals surface area contributed by atoms with Crippen molar-refractivity contribution in [1.29, 1.82) is 0 Å². The van der Waals surface area contributed by atoms with Gasteiger partial charge in [-0.1, -0.05) is 236 Å². The maximum atomic E-state index is 2.64. The first-order chi connectivity index (χ1) is 46.1. The summed E-state index contributed by atoms with van der Waals surface area (Å²) in [6, 6.07) is 126. The fourth-order valence-electron chi connectivity index (χ4n) is 15.1. The van der Waals surface area contributed by atoms with E-state index in [9.17, 15) is 0 Å². The molecule has 0 N–H and O–H groups in total. The second kappa shape index (κ2) is 22.5. The van der Waals surface area contributed by atoms with Gasteiger partial charge in [0.1, 0.15) is 0 Å². The van der Waals surface area contributed by atoms with E-state index in [1.807, 2.05) is 11.8 Å². The molecule has 0 aromatic heterocycles. The quantitative estimate of drug-likeness (QED) is 0.119. The second-order valence-electron chi connectivity index (χ2n) is 24.4. The Bertz CT molecular complexity index is 5130. The lowest BCUT2D eigenvalue weighted by atomic mass is 9.31. The van der Waals surface area contributed by atoms with Gasteiger partial charge in [-0.05, 0) is 183 Å². The first-order valence-electron chi connectivity index (χ1n) is 32.0. The number of nitrogens with zero attached hydrogens (tertiary/aromatic N) is 5. The number of hydrogen-bond donors (Lipinski definition) is 0. The van der Waals surface area contributed by atoms with E-state index >= 15 is 0 Å². The van der Waals surface area contributed by atoms with Crippen LogP contribution < -0.4 is 57.3 Å². The highest BCUT2D eigenvalue weighted by Crippen LogP contribution is 2.52. The molecule has 8 heteroatoms. The minimum absolute atomic E-state index is 0.0955. The summed E-state index contributed by atoms with van der Waals surface area (Å²) in [5.41, 5.74) is 30.5. The molecule has 436 valence electrons. The molecule has 0 amide bonds. The summed E-state index contributed by atoms with van der Waals surface area (Å²) in [6.07, 6.45) is 0. The summed E-state index contributed by atoms with van der Waals surface area (Å²) < 4.78 is 0. The summed E-state index contributed by atoms with van der Waals surface area (Å²) >= 11 is 1.91. The third kappa shape index (κ3) is 9.11. The summed E-state index contributed by atoms with van der Waals surface area (Å²) in [5, 5.41) is 0. The van der Waals surface area contributed by atoms with Crippen LogP contribution in [0, 0.1) is 6.92 Å². The molecule has 5 nitrogen and oxygen atoms in total. The van der Waals surface area contributed by atoms with Gasteiger partial charge in [0.15, 0.2) is 0 Å². The first-order valence-corrected chi connectivity index (χ1v) is 32.9. The lowest BCUT2D eigenvalue weighted by molar-refractivity contribution is 1.21. The smallest absolute Gasteiger partial charge is 0.252 e. The monoisotopic (exact) mass is 1200 g/mol. The van der Waals surface area contributed by atoms with Gasteiger partial charge in [0.05, 0.1) is 5.69 Å². The van der Waals surface area contributed by atoms with E-state index in [1.54, 1.807) is 0 Å². The minimum atomic E-state index is -0.121. The van der Waals surface area contributed by atoms with Gasteiger partial charge in [-0.15, -0.1) is 0 Å². The van der Waals surface area contributed by atoms with Crippen LogP contribution in [0.15, 0.2) is 350 Å². The third-order valence-electron chi connectivity index (χ3n) is 19.1. The zero-order valence-corrected chi connectivity index (χ0v) is 51.9.